The second-order valence-corrected chi connectivity index (χ2v) is 7.03. The van der Waals surface area contributed by atoms with Crippen molar-refractivity contribution in [3.05, 3.63) is 44.8 Å². The number of non-ortho nitro benzene ring substituents is 1. The molecule has 162 valence electrons. The van der Waals surface area contributed by atoms with E-state index in [0.717, 1.165) is 11.8 Å². The van der Waals surface area contributed by atoms with Crippen molar-refractivity contribution in [2.45, 2.75) is 19.2 Å². The molecule has 1 fully saturated rings. The molecule has 30 heavy (non-hydrogen) atoms. The van der Waals surface area contributed by atoms with Crippen LogP contribution >= 0.6 is 11.8 Å². The molecule has 0 spiro atoms. The molecule has 1 aliphatic heterocycles. The zero-order chi connectivity index (χ0) is 22.5. The third-order valence-electron chi connectivity index (χ3n) is 3.78. The molecule has 1 aromatic carbocycles. The number of hydrogen-bond acceptors (Lipinski definition) is 7. The topological polar surface area (TPSA) is 119 Å². The van der Waals surface area contributed by atoms with E-state index in [1.54, 1.807) is 0 Å². The first-order valence-electron chi connectivity index (χ1n) is 8.44. The van der Waals surface area contributed by atoms with E-state index in [0.29, 0.717) is 17.3 Å². The number of benzene rings is 1. The Balaban J connectivity index is 1.89. The van der Waals surface area contributed by atoms with E-state index in [2.05, 4.69) is 10.1 Å². The predicted octanol–water partition coefficient (Wildman–Crippen LogP) is 2.71. The van der Waals surface area contributed by atoms with E-state index in [4.69, 9.17) is 0 Å². The summed E-state index contributed by atoms with van der Waals surface area (Å²) in [5.41, 5.74) is 0.361. The van der Waals surface area contributed by atoms with Gasteiger partial charge in [-0.1, -0.05) is 0 Å². The Labute approximate surface area is 172 Å². The van der Waals surface area contributed by atoms with Gasteiger partial charge in [0.05, 0.1) is 9.83 Å². The van der Waals surface area contributed by atoms with E-state index in [1.165, 1.54) is 30.3 Å². The summed E-state index contributed by atoms with van der Waals surface area (Å²) in [6.45, 7) is -0.770. The van der Waals surface area contributed by atoms with Crippen LogP contribution in [0.25, 0.3) is 6.08 Å². The summed E-state index contributed by atoms with van der Waals surface area (Å²) < 4.78 is 40.7. The fourth-order valence-corrected chi connectivity index (χ4v) is 3.13. The normalized spacial score (nSPS) is 16.8. The smallest absolute Gasteiger partial charge is 0.359 e. The van der Waals surface area contributed by atoms with Crippen LogP contribution in [0.3, 0.4) is 0 Å². The lowest BCUT2D eigenvalue weighted by Crippen LogP contribution is -2.41. The summed E-state index contributed by atoms with van der Waals surface area (Å²) in [5, 5.41) is 12.4. The Morgan fingerprint density at radius 1 is 1.33 bits per heavy atom. The SMILES string of the molecule is CC(OCC(F)(F)F)C(=O)NCCN1C(=O)S/C(=C\c2ccc([N+](=O)[O-])cc2)C1=O. The van der Waals surface area contributed by atoms with Crippen LogP contribution in [0.1, 0.15) is 12.5 Å². The lowest BCUT2D eigenvalue weighted by atomic mass is 10.2. The first-order valence-corrected chi connectivity index (χ1v) is 9.25. The van der Waals surface area contributed by atoms with Gasteiger partial charge in [0.1, 0.15) is 12.7 Å². The van der Waals surface area contributed by atoms with Crippen molar-refractivity contribution in [3.8, 4) is 0 Å². The minimum Gasteiger partial charge on any atom is -0.359 e. The van der Waals surface area contributed by atoms with E-state index in [9.17, 15) is 37.7 Å². The maximum absolute atomic E-state index is 12.4. The molecule has 13 heteroatoms. The standard InChI is InChI=1S/C17H16F3N3O6S/c1-10(29-9-17(18,19)20)14(24)21-6-7-22-15(25)13(30-16(22)26)8-11-2-4-12(5-3-11)23(27)28/h2-5,8,10H,6-7,9H2,1H3,(H,21,24)/b13-8-. The number of hydrogen-bond donors (Lipinski definition) is 1. The van der Waals surface area contributed by atoms with Crippen LogP contribution in [-0.4, -0.2) is 58.9 Å². The molecule has 2 rings (SSSR count). The highest BCUT2D eigenvalue weighted by atomic mass is 32.2. The van der Waals surface area contributed by atoms with Crippen molar-refractivity contribution in [1.29, 1.82) is 0 Å². The van der Waals surface area contributed by atoms with Gasteiger partial charge in [0.25, 0.3) is 16.8 Å². The average Bonchev–Trinajstić information content (AvgIpc) is 2.93. The summed E-state index contributed by atoms with van der Waals surface area (Å²) in [4.78, 5) is 47.2. The molecule has 0 saturated carbocycles. The maximum Gasteiger partial charge on any atom is 0.411 e. The summed E-state index contributed by atoms with van der Waals surface area (Å²) in [6, 6.07) is 5.37. The Hall–Kier alpha value is -2.93. The quantitative estimate of drug-likeness (QED) is 0.370. The van der Waals surface area contributed by atoms with Crippen molar-refractivity contribution < 1.29 is 37.2 Å². The molecule has 1 aromatic rings. The minimum atomic E-state index is -4.56. The average molecular weight is 447 g/mol. The fraction of sp³-hybridized carbons (Fsp3) is 0.353. The zero-order valence-electron chi connectivity index (χ0n) is 15.5. The molecule has 1 saturated heterocycles. The van der Waals surface area contributed by atoms with Gasteiger partial charge < -0.3 is 10.1 Å². The molecule has 0 aliphatic carbocycles. The Morgan fingerprint density at radius 2 is 1.97 bits per heavy atom. The number of amides is 3. The highest BCUT2D eigenvalue weighted by molar-refractivity contribution is 8.18. The molecule has 0 aromatic heterocycles. The number of carbonyl (C=O) groups excluding carboxylic acids is 3. The molecule has 0 bridgehead atoms. The number of carbonyl (C=O) groups is 3. The second-order valence-electron chi connectivity index (χ2n) is 6.04. The zero-order valence-corrected chi connectivity index (χ0v) is 16.3. The fourth-order valence-electron chi connectivity index (χ4n) is 2.27. The Morgan fingerprint density at radius 3 is 2.53 bits per heavy atom. The molecule has 0 radical (unpaired) electrons. The van der Waals surface area contributed by atoms with Gasteiger partial charge in [-0.2, -0.15) is 13.2 Å². The number of rotatable bonds is 8. The number of nitrogens with zero attached hydrogens (tertiary/aromatic N) is 2. The minimum absolute atomic E-state index is 0.0991. The number of imide groups is 1. The van der Waals surface area contributed by atoms with Gasteiger partial charge in [-0.15, -0.1) is 0 Å². The summed E-state index contributed by atoms with van der Waals surface area (Å²) >= 11 is 0.665. The molecule has 1 unspecified atom stereocenters. The number of ether oxygens (including phenoxy) is 1. The molecular weight excluding hydrogens is 431 g/mol. The summed E-state index contributed by atoms with van der Waals surface area (Å²) in [6.07, 6.45) is -4.52. The molecule has 3 amide bonds. The van der Waals surface area contributed by atoms with Gasteiger partial charge in [0.15, 0.2) is 0 Å². The Kier molecular flexibility index (Phi) is 7.56. The van der Waals surface area contributed by atoms with E-state index in [-0.39, 0.29) is 23.7 Å². The van der Waals surface area contributed by atoms with Crippen LogP contribution in [0.2, 0.25) is 0 Å². The third kappa shape index (κ3) is 6.56. The highest BCUT2D eigenvalue weighted by Crippen LogP contribution is 2.32. The first-order chi connectivity index (χ1) is 14.0. The van der Waals surface area contributed by atoms with Crippen LogP contribution in [0.4, 0.5) is 23.7 Å². The van der Waals surface area contributed by atoms with Gasteiger partial charge in [0, 0.05) is 25.2 Å². The molecule has 1 atom stereocenters. The Bertz CT molecular complexity index is 872. The van der Waals surface area contributed by atoms with E-state index < -0.39 is 40.9 Å². The van der Waals surface area contributed by atoms with Crippen LogP contribution in [0.5, 0.6) is 0 Å². The van der Waals surface area contributed by atoms with Gasteiger partial charge in [-0.3, -0.25) is 29.4 Å². The van der Waals surface area contributed by atoms with E-state index in [1.807, 2.05) is 0 Å². The van der Waals surface area contributed by atoms with Gasteiger partial charge >= 0.3 is 6.18 Å². The van der Waals surface area contributed by atoms with Crippen LogP contribution in [0, 0.1) is 10.1 Å². The van der Waals surface area contributed by atoms with Crippen LogP contribution < -0.4 is 5.32 Å². The lowest BCUT2D eigenvalue weighted by Gasteiger charge is -2.16. The van der Waals surface area contributed by atoms with E-state index >= 15 is 0 Å². The third-order valence-corrected chi connectivity index (χ3v) is 4.68. The van der Waals surface area contributed by atoms with Crippen molar-refractivity contribution in [1.82, 2.24) is 10.2 Å². The molecule has 9 nitrogen and oxygen atoms in total. The maximum atomic E-state index is 12.4. The number of nitro benzene ring substituents is 1. The van der Waals surface area contributed by atoms with Crippen molar-refractivity contribution in [2.24, 2.45) is 0 Å². The first kappa shape index (κ1) is 23.3. The van der Waals surface area contributed by atoms with Gasteiger partial charge in [-0.25, -0.2) is 0 Å². The van der Waals surface area contributed by atoms with Crippen molar-refractivity contribution >= 4 is 40.6 Å². The monoisotopic (exact) mass is 447 g/mol. The van der Waals surface area contributed by atoms with Crippen molar-refractivity contribution in [3.63, 3.8) is 0 Å². The molecule has 1 heterocycles. The van der Waals surface area contributed by atoms with Crippen LogP contribution in [0.15, 0.2) is 29.2 Å². The number of nitro groups is 1. The molecule has 1 aliphatic rings. The number of halogens is 3. The van der Waals surface area contributed by atoms with Gasteiger partial charge in [-0.05, 0) is 42.5 Å². The van der Waals surface area contributed by atoms with Crippen LogP contribution in [-0.2, 0) is 14.3 Å². The van der Waals surface area contributed by atoms with Crippen molar-refractivity contribution in [2.75, 3.05) is 19.7 Å². The summed E-state index contributed by atoms with van der Waals surface area (Å²) in [5.74, 6) is -1.42. The molecule has 1 N–H and O–H groups in total. The lowest BCUT2D eigenvalue weighted by molar-refractivity contribution is -0.384. The summed E-state index contributed by atoms with van der Waals surface area (Å²) in [7, 11) is 0. The number of alkyl halides is 3. The second kappa shape index (κ2) is 9.71. The number of thioether (sulfide) groups is 1. The van der Waals surface area contributed by atoms with Gasteiger partial charge in [0.2, 0.25) is 5.91 Å². The predicted molar refractivity (Wildman–Crippen MR) is 100 cm³/mol. The molecular formula is C17H16F3N3O6S. The number of nitrogens with one attached hydrogen (secondary N) is 1. The highest BCUT2D eigenvalue weighted by Gasteiger charge is 2.35. The largest absolute Gasteiger partial charge is 0.411 e.